The first-order valence-corrected chi connectivity index (χ1v) is 21.4. The van der Waals surface area contributed by atoms with E-state index in [0.29, 0.717) is 34.7 Å². The molecule has 1 aromatic heterocycles. The van der Waals surface area contributed by atoms with Gasteiger partial charge in [0.15, 0.2) is 16.9 Å². The molecule has 298 valence electrons. The minimum atomic E-state index is -2.52. The number of esters is 1. The molecule has 0 radical (unpaired) electrons. The van der Waals surface area contributed by atoms with Crippen LogP contribution in [0.2, 0.25) is 0 Å². The Morgan fingerprint density at radius 1 is 1.15 bits per heavy atom. The van der Waals surface area contributed by atoms with Crippen LogP contribution in [0.4, 0.5) is 0 Å². The number of benzene rings is 1. The molecule has 1 aromatic carbocycles. The number of carbonyl (C=O) groups is 1. The second kappa shape index (κ2) is 15.6. The van der Waals surface area contributed by atoms with E-state index in [9.17, 15) is 35.4 Å². The van der Waals surface area contributed by atoms with E-state index in [4.69, 9.17) is 23.4 Å². The lowest BCUT2D eigenvalue weighted by Crippen LogP contribution is -2.90. The number of nitrogens with one attached hydrogen (secondary N) is 1. The molecular formula is C39H53NO12S2. The summed E-state index contributed by atoms with van der Waals surface area (Å²) in [6.45, 7) is 5.65. The second-order valence-corrected chi connectivity index (χ2v) is 18.2. The highest BCUT2D eigenvalue weighted by Crippen LogP contribution is 2.66. The number of aryl methyl sites for hydroxylation is 1. The van der Waals surface area contributed by atoms with Crippen LogP contribution in [-0.4, -0.2) is 121 Å². The number of carbonyl (C=O) groups excluding carboxylic acids is 1. The van der Waals surface area contributed by atoms with Gasteiger partial charge in [0.05, 0.1) is 30.8 Å². The van der Waals surface area contributed by atoms with Gasteiger partial charge in [-0.15, -0.1) is 0 Å². The summed E-state index contributed by atoms with van der Waals surface area (Å²) >= 11 is 0. The summed E-state index contributed by atoms with van der Waals surface area (Å²) < 4.78 is 31.7. The number of aliphatic hydroxyl groups is 6. The van der Waals surface area contributed by atoms with Gasteiger partial charge in [-0.2, -0.15) is 0 Å². The summed E-state index contributed by atoms with van der Waals surface area (Å²) in [6.07, 6.45) is 6.66. The van der Waals surface area contributed by atoms with Crippen LogP contribution in [0.1, 0.15) is 52.0 Å². The average molecular weight is 792 g/mol. The zero-order chi connectivity index (χ0) is 38.5. The first kappa shape index (κ1) is 39.9. The first-order valence-electron chi connectivity index (χ1n) is 19.0. The van der Waals surface area contributed by atoms with Gasteiger partial charge in [0.1, 0.15) is 23.9 Å². The summed E-state index contributed by atoms with van der Waals surface area (Å²) in [6, 6.07) is 3.65. The zero-order valence-electron chi connectivity index (χ0n) is 30.9. The molecule has 54 heavy (non-hydrogen) atoms. The van der Waals surface area contributed by atoms with Gasteiger partial charge in [-0.25, -0.2) is 0 Å². The summed E-state index contributed by atoms with van der Waals surface area (Å²) in [5.74, 6) is -4.11. The van der Waals surface area contributed by atoms with Crippen molar-refractivity contribution in [3.05, 3.63) is 48.3 Å². The van der Waals surface area contributed by atoms with Gasteiger partial charge in [0.25, 0.3) is 5.79 Å². The van der Waals surface area contributed by atoms with E-state index >= 15 is 0 Å². The standard InChI is InChI=1S/C39H53NO12S2/c1-4-48-30(44)10-7-23-17-24-12-15-49-32(24)34-33(23)51-38-13-11-29(54-53-20-26(8-5-22(2)3)40-14-16-50-34)37(21-42,52-38)36(46)18-25-6-9-28(43)27(19-41)31(25)39(38,47)35(36)45/h6,9,11-13,15,17,22,25-29,31,35,40-43,45-47H,4-5,7-8,10,14,16,18-21H2,1-3H3/t25-,26+,27+,28-,29+,31-,35-,36-,37-,38+,39+/m0/s1. The van der Waals surface area contributed by atoms with Crippen molar-refractivity contribution in [2.24, 2.45) is 23.7 Å². The molecule has 7 rings (SSSR count). The SMILES string of the molecule is CCOC(=O)CCc1cc2ccoc2c2c1O[C@]13C=C[C@@H](SSC[C@@H](CCC(C)C)NCCO2)[C@](CO)(O1)[C@]1(O)C[C@@H]2C=C[C@H](O)[C@@H](CO)[C@H]2[C@@]3(O)[C@H]1O. The third-order valence-corrected chi connectivity index (χ3v) is 14.9. The molecule has 15 heteroatoms. The fraction of sp³-hybridized carbons (Fsp3) is 0.667. The highest BCUT2D eigenvalue weighted by atomic mass is 33.1. The largest absolute Gasteiger partial charge is 0.485 e. The van der Waals surface area contributed by atoms with E-state index in [0.717, 1.165) is 12.8 Å². The van der Waals surface area contributed by atoms with Crippen LogP contribution in [0.15, 0.2) is 47.1 Å². The fourth-order valence-electron chi connectivity index (χ4n) is 9.31. The van der Waals surface area contributed by atoms with E-state index in [2.05, 4.69) is 19.2 Å². The van der Waals surface area contributed by atoms with Crippen LogP contribution in [-0.2, 0) is 20.7 Å². The van der Waals surface area contributed by atoms with Gasteiger partial charge < -0.3 is 59.3 Å². The van der Waals surface area contributed by atoms with E-state index in [1.54, 1.807) is 42.0 Å². The Bertz CT molecular complexity index is 1740. The quantitative estimate of drug-likeness (QED) is 0.111. The molecule has 3 aliphatic heterocycles. The smallest absolute Gasteiger partial charge is 0.306 e. The molecule has 2 fully saturated rings. The van der Waals surface area contributed by atoms with Crippen molar-refractivity contribution >= 4 is 38.5 Å². The molecule has 5 bridgehead atoms. The number of hydrogen-bond donors (Lipinski definition) is 7. The van der Waals surface area contributed by atoms with E-state index in [1.165, 1.54) is 29.2 Å². The summed E-state index contributed by atoms with van der Waals surface area (Å²) in [4.78, 5) is 12.7. The van der Waals surface area contributed by atoms with Crippen LogP contribution >= 0.6 is 21.6 Å². The summed E-state index contributed by atoms with van der Waals surface area (Å²) in [7, 11) is 2.96. The van der Waals surface area contributed by atoms with Crippen LogP contribution in [0, 0.1) is 23.7 Å². The topological polar surface area (TPSA) is 201 Å². The molecule has 1 saturated carbocycles. The third-order valence-electron chi connectivity index (χ3n) is 12.1. The van der Waals surface area contributed by atoms with Crippen LogP contribution < -0.4 is 14.8 Å². The Kier molecular flexibility index (Phi) is 11.5. The monoisotopic (exact) mass is 791 g/mol. The van der Waals surface area contributed by atoms with E-state index in [-0.39, 0.29) is 50.0 Å². The Labute approximate surface area is 322 Å². The van der Waals surface area contributed by atoms with Crippen LogP contribution in [0.3, 0.4) is 0 Å². The number of allylic oxidation sites excluding steroid dienone is 1. The number of rotatable bonds is 9. The maximum Gasteiger partial charge on any atom is 0.306 e. The Morgan fingerprint density at radius 3 is 2.70 bits per heavy atom. The molecule has 5 aliphatic rings. The zero-order valence-corrected chi connectivity index (χ0v) is 32.5. The number of fused-ring (bicyclic) bond motifs is 11. The van der Waals surface area contributed by atoms with Crippen molar-refractivity contribution < 1.29 is 58.8 Å². The minimum Gasteiger partial charge on any atom is -0.485 e. The number of furan rings is 1. The Morgan fingerprint density at radius 2 is 1.96 bits per heavy atom. The predicted octanol–water partition coefficient (Wildman–Crippen LogP) is 2.87. The fourth-order valence-corrected chi connectivity index (χ4v) is 12.4. The second-order valence-electron chi connectivity index (χ2n) is 15.7. The number of ether oxygens (including phenoxy) is 4. The van der Waals surface area contributed by atoms with E-state index in [1.807, 2.05) is 0 Å². The Balaban J connectivity index is 1.45. The molecule has 4 heterocycles. The molecule has 13 nitrogen and oxygen atoms in total. The van der Waals surface area contributed by atoms with Gasteiger partial charge in [0.2, 0.25) is 5.75 Å². The average Bonchev–Trinajstić information content (AvgIpc) is 3.62. The van der Waals surface area contributed by atoms with Crippen molar-refractivity contribution in [1.82, 2.24) is 5.32 Å². The lowest BCUT2D eigenvalue weighted by Gasteiger charge is -2.71. The van der Waals surface area contributed by atoms with Gasteiger partial charge in [-0.1, -0.05) is 53.7 Å². The lowest BCUT2D eigenvalue weighted by molar-refractivity contribution is -0.450. The van der Waals surface area contributed by atoms with Crippen molar-refractivity contribution in [3.63, 3.8) is 0 Å². The normalized spacial score (nSPS) is 38.9. The molecule has 2 aromatic rings. The third kappa shape index (κ3) is 6.40. The molecule has 0 amide bonds. The van der Waals surface area contributed by atoms with Crippen molar-refractivity contribution in [3.8, 4) is 11.5 Å². The molecule has 11 atom stereocenters. The number of aliphatic hydroxyl groups excluding tert-OH is 4. The van der Waals surface area contributed by atoms with Crippen LogP contribution in [0.5, 0.6) is 11.5 Å². The molecule has 1 saturated heterocycles. The highest BCUT2D eigenvalue weighted by molar-refractivity contribution is 8.77. The first-order chi connectivity index (χ1) is 25.9. The van der Waals surface area contributed by atoms with Gasteiger partial charge in [-0.3, -0.25) is 4.79 Å². The molecule has 2 aliphatic carbocycles. The number of hydrogen-bond acceptors (Lipinski definition) is 15. The summed E-state index contributed by atoms with van der Waals surface area (Å²) in [5.41, 5.74) is -5.82. The molecular weight excluding hydrogens is 739 g/mol. The maximum absolute atomic E-state index is 13.3. The van der Waals surface area contributed by atoms with Crippen molar-refractivity contribution in [2.45, 2.75) is 99.0 Å². The van der Waals surface area contributed by atoms with Gasteiger partial charge >= 0.3 is 5.97 Å². The minimum absolute atomic E-state index is 0.0206. The molecule has 1 spiro atoms. The van der Waals surface area contributed by atoms with Gasteiger partial charge in [-0.05, 0) is 68.2 Å². The Hall–Kier alpha value is -2.31. The molecule has 7 N–H and O–H groups in total. The molecule has 0 unspecified atom stereocenters. The highest BCUT2D eigenvalue weighted by Gasteiger charge is 2.83. The van der Waals surface area contributed by atoms with Crippen molar-refractivity contribution in [1.29, 1.82) is 0 Å². The van der Waals surface area contributed by atoms with E-state index < -0.39 is 77.0 Å². The van der Waals surface area contributed by atoms with Gasteiger partial charge in [0, 0.05) is 48.6 Å². The maximum atomic E-state index is 13.3. The predicted molar refractivity (Wildman–Crippen MR) is 203 cm³/mol. The lowest BCUT2D eigenvalue weighted by atomic mass is 9.47. The van der Waals surface area contributed by atoms with Crippen molar-refractivity contribution in [2.75, 3.05) is 38.7 Å². The van der Waals surface area contributed by atoms with Crippen LogP contribution in [0.25, 0.3) is 11.0 Å². The summed E-state index contributed by atoms with van der Waals surface area (Å²) in [5, 5.41) is 75.5.